The minimum atomic E-state index is -1.42. The first-order chi connectivity index (χ1) is 33.3. The van der Waals surface area contributed by atoms with Crippen LogP contribution >= 0.6 is 0 Å². The molecule has 0 spiro atoms. The molecule has 4 amide bonds. The van der Waals surface area contributed by atoms with Gasteiger partial charge in [0.2, 0.25) is 23.6 Å². The van der Waals surface area contributed by atoms with E-state index < -0.39 is 60.4 Å². The number of carboxylic acids is 4. The molecule has 4 unspecified atom stereocenters. The van der Waals surface area contributed by atoms with E-state index in [1.165, 1.54) is 141 Å². The number of nitrogens with two attached hydrogens (primary N) is 4. The van der Waals surface area contributed by atoms with Crippen molar-refractivity contribution in [2.24, 2.45) is 46.6 Å². The number of hydrogen-bond donors (Lipinski definition) is 8. The van der Waals surface area contributed by atoms with Crippen molar-refractivity contribution >= 4 is 47.5 Å². The van der Waals surface area contributed by atoms with E-state index in [9.17, 15) is 38.4 Å². The summed E-state index contributed by atoms with van der Waals surface area (Å²) in [6.07, 6.45) is 45.6. The molecule has 0 radical (unpaired) electrons. The molecule has 0 saturated heterocycles. The average molecular weight is 997 g/mol. The summed E-state index contributed by atoms with van der Waals surface area (Å²) >= 11 is 0. The van der Waals surface area contributed by atoms with Crippen LogP contribution in [0.15, 0.2) is 24.3 Å². The Bertz CT molecular complexity index is 1280. The van der Waals surface area contributed by atoms with Crippen LogP contribution in [0.5, 0.6) is 0 Å². The van der Waals surface area contributed by atoms with Crippen molar-refractivity contribution in [3.05, 3.63) is 24.3 Å². The van der Waals surface area contributed by atoms with Crippen LogP contribution in [-0.4, -0.2) is 67.9 Å². The van der Waals surface area contributed by atoms with Gasteiger partial charge < -0.3 is 43.4 Å². The van der Waals surface area contributed by atoms with Crippen LogP contribution < -0.4 is 22.9 Å². The molecule has 0 aromatic rings. The quantitative estimate of drug-likeness (QED) is 0.0211. The zero-order valence-electron chi connectivity index (χ0n) is 44.0. The fraction of sp³-hybridized carbons (Fsp3) is 0.778. The van der Waals surface area contributed by atoms with Gasteiger partial charge >= 0.3 is 23.9 Å². The Balaban J connectivity index is -0.000000417. The molecule has 1 aliphatic rings. The van der Waals surface area contributed by atoms with Gasteiger partial charge in [-0.1, -0.05) is 155 Å². The molecule has 0 heterocycles. The molecule has 16 heteroatoms. The second-order valence-corrected chi connectivity index (χ2v) is 18.3. The highest BCUT2D eigenvalue weighted by Crippen LogP contribution is 2.39. The molecule has 0 aliphatic heterocycles. The highest BCUT2D eigenvalue weighted by molar-refractivity contribution is 5.85. The maximum Gasteiger partial charge on any atom is 0.307 e. The van der Waals surface area contributed by atoms with Gasteiger partial charge in [-0.3, -0.25) is 38.4 Å². The number of amides is 4. The van der Waals surface area contributed by atoms with Crippen LogP contribution in [0.1, 0.15) is 246 Å². The SMILES string of the molecule is CCCC(N)=O.CCCC(N)=O.CCCCCCCC/C=C\CCCCCCCC(N)=O.CCCCCCCC/C=C\CCCCCCCC(N)=O.O=C(O)C1CC(C(=O)O)C(C(=O)O)CC1C(=O)O. The molecule has 0 aromatic carbocycles. The first-order valence-corrected chi connectivity index (χ1v) is 26.7. The van der Waals surface area contributed by atoms with Crippen LogP contribution in [0.25, 0.3) is 0 Å². The summed E-state index contributed by atoms with van der Waals surface area (Å²) in [4.78, 5) is 84.4. The highest BCUT2D eigenvalue weighted by Gasteiger charge is 2.49. The summed E-state index contributed by atoms with van der Waals surface area (Å²) in [6.45, 7) is 8.37. The number of carbonyl (C=O) groups excluding carboxylic acids is 4. The molecule has 0 aromatic heterocycles. The van der Waals surface area contributed by atoms with Gasteiger partial charge in [-0.05, 0) is 89.9 Å². The van der Waals surface area contributed by atoms with Gasteiger partial charge in [0.25, 0.3) is 0 Å². The van der Waals surface area contributed by atoms with Crippen molar-refractivity contribution in [3.8, 4) is 0 Å². The normalized spacial score (nSPS) is 15.9. The summed E-state index contributed by atoms with van der Waals surface area (Å²) in [6, 6.07) is 0. The third kappa shape index (κ3) is 54.2. The molecule has 4 atom stereocenters. The standard InChI is InChI=1S/2C18H35NO.C10H12O8.2C4H9NO/c2*1-2-3-4-5-6-7-8-9-10-11-12-13-14-15-16-17-18(19)20;11-7(12)3-1-4(8(13)14)6(10(17)18)2-5(3)9(15)16;2*1-2-3-4(5)6/h2*9-10H,2-8,11-17H2,1H3,(H2,19,20);3-6H,1-2H2,(H,11,12)(H,13,14)(H,15,16)(H,17,18);2*2-3H2,1H3,(H2,5,6)/b2*10-9-;;;. The predicted molar refractivity (Wildman–Crippen MR) is 279 cm³/mol. The Labute approximate surface area is 422 Å². The van der Waals surface area contributed by atoms with Gasteiger partial charge in [0, 0.05) is 25.7 Å². The fourth-order valence-electron chi connectivity index (χ4n) is 7.53. The maximum atomic E-state index is 10.9. The largest absolute Gasteiger partial charge is 0.481 e. The van der Waals surface area contributed by atoms with Crippen LogP contribution in [0.4, 0.5) is 0 Å². The molecule has 16 nitrogen and oxygen atoms in total. The maximum absolute atomic E-state index is 10.9. The van der Waals surface area contributed by atoms with Gasteiger partial charge in [-0.15, -0.1) is 0 Å². The Morgan fingerprint density at radius 3 is 0.686 bits per heavy atom. The number of allylic oxidation sites excluding steroid dienone is 4. The lowest BCUT2D eigenvalue weighted by molar-refractivity contribution is -0.167. The van der Waals surface area contributed by atoms with Crippen molar-refractivity contribution < 1.29 is 58.8 Å². The molecule has 408 valence electrons. The van der Waals surface area contributed by atoms with Gasteiger partial charge in [0.05, 0.1) is 23.7 Å². The molecular weight excluding hydrogens is 897 g/mol. The monoisotopic (exact) mass is 997 g/mol. The summed E-state index contributed by atoms with van der Waals surface area (Å²) in [5.74, 6) is -11.9. The fourth-order valence-corrected chi connectivity index (χ4v) is 7.53. The third-order valence-electron chi connectivity index (χ3n) is 11.6. The summed E-state index contributed by atoms with van der Waals surface area (Å²) in [7, 11) is 0. The van der Waals surface area contributed by atoms with Crippen molar-refractivity contribution in [1.82, 2.24) is 0 Å². The van der Waals surface area contributed by atoms with E-state index in [0.717, 1.165) is 38.5 Å². The summed E-state index contributed by atoms with van der Waals surface area (Å²) in [5.41, 5.74) is 19.7. The Morgan fingerprint density at radius 1 is 0.314 bits per heavy atom. The van der Waals surface area contributed by atoms with Crippen molar-refractivity contribution in [3.63, 3.8) is 0 Å². The van der Waals surface area contributed by atoms with E-state index in [1.807, 2.05) is 13.8 Å². The van der Waals surface area contributed by atoms with E-state index in [1.54, 1.807) is 0 Å². The number of rotatable bonds is 38. The zero-order chi connectivity index (χ0) is 53.8. The average Bonchev–Trinajstić information content (AvgIpc) is 3.29. The topological polar surface area (TPSA) is 322 Å². The van der Waals surface area contributed by atoms with Gasteiger partial charge in [-0.2, -0.15) is 0 Å². The summed E-state index contributed by atoms with van der Waals surface area (Å²) < 4.78 is 0. The highest BCUT2D eigenvalue weighted by atomic mass is 16.4. The lowest BCUT2D eigenvalue weighted by Crippen LogP contribution is -2.44. The van der Waals surface area contributed by atoms with Crippen LogP contribution in [0.3, 0.4) is 0 Å². The van der Waals surface area contributed by atoms with E-state index in [4.69, 9.17) is 43.4 Å². The van der Waals surface area contributed by atoms with Gasteiger partial charge in [0.15, 0.2) is 0 Å². The molecule has 12 N–H and O–H groups in total. The van der Waals surface area contributed by atoms with Gasteiger partial charge in [0.1, 0.15) is 0 Å². The molecule has 1 fully saturated rings. The zero-order valence-corrected chi connectivity index (χ0v) is 44.0. The molecule has 1 aliphatic carbocycles. The number of aliphatic carboxylic acids is 4. The number of hydrogen-bond acceptors (Lipinski definition) is 8. The number of primary amides is 4. The summed E-state index contributed by atoms with van der Waals surface area (Å²) in [5, 5.41) is 35.5. The van der Waals surface area contributed by atoms with Crippen molar-refractivity contribution in [2.75, 3.05) is 0 Å². The predicted octanol–water partition coefficient (Wildman–Crippen LogP) is 11.1. The first kappa shape index (κ1) is 71.8. The van der Waals surface area contributed by atoms with E-state index in [0.29, 0.717) is 25.7 Å². The van der Waals surface area contributed by atoms with Crippen LogP contribution in [0.2, 0.25) is 0 Å². The Hall–Kier alpha value is -4.76. The number of carboxylic acid groups (broad SMARTS) is 4. The van der Waals surface area contributed by atoms with Crippen LogP contribution in [0, 0.1) is 23.7 Å². The van der Waals surface area contributed by atoms with E-state index in [-0.39, 0.29) is 23.6 Å². The van der Waals surface area contributed by atoms with E-state index >= 15 is 0 Å². The number of carbonyl (C=O) groups is 8. The molecule has 70 heavy (non-hydrogen) atoms. The molecule has 0 bridgehead atoms. The first-order valence-electron chi connectivity index (χ1n) is 26.7. The minimum absolute atomic E-state index is 0.164. The van der Waals surface area contributed by atoms with E-state index in [2.05, 4.69) is 38.2 Å². The number of unbranched alkanes of at least 4 members (excludes halogenated alkanes) is 22. The van der Waals surface area contributed by atoms with Crippen molar-refractivity contribution in [1.29, 1.82) is 0 Å². The third-order valence-corrected chi connectivity index (χ3v) is 11.6. The smallest absolute Gasteiger partial charge is 0.307 e. The Kier molecular flexibility index (Phi) is 55.0. The molecular formula is C54H100N4O12. The second kappa shape index (κ2) is 53.6. The van der Waals surface area contributed by atoms with Crippen LogP contribution in [-0.2, 0) is 38.4 Å². The Morgan fingerprint density at radius 2 is 0.514 bits per heavy atom. The lowest BCUT2D eigenvalue weighted by Gasteiger charge is -2.33. The molecule has 1 saturated carbocycles. The molecule has 1 rings (SSSR count). The lowest BCUT2D eigenvalue weighted by atomic mass is 9.68. The van der Waals surface area contributed by atoms with Gasteiger partial charge in [-0.25, -0.2) is 0 Å². The van der Waals surface area contributed by atoms with Crippen molar-refractivity contribution in [2.45, 2.75) is 246 Å². The second-order valence-electron chi connectivity index (χ2n) is 18.3. The minimum Gasteiger partial charge on any atom is -0.481 e.